The standard InChI is InChI=1S/C10H17NO4/c1-7(5-6-8(12)13)11-9(14)15-10(2,3)4/h5-7H,1-4H3,(H,11,14)(H,12,13)/b6-5-/t7-/m0/s1. The van der Waals surface area contributed by atoms with Gasteiger partial charge >= 0.3 is 12.1 Å². The second kappa shape index (κ2) is 5.38. The number of carbonyl (C=O) groups is 2. The maximum absolute atomic E-state index is 11.2. The van der Waals surface area contributed by atoms with Crippen LogP contribution in [0.3, 0.4) is 0 Å². The molecule has 0 aromatic carbocycles. The van der Waals surface area contributed by atoms with Crippen LogP contribution in [0, 0.1) is 0 Å². The van der Waals surface area contributed by atoms with Crippen LogP contribution in [-0.4, -0.2) is 28.8 Å². The first-order chi connectivity index (χ1) is 6.70. The minimum absolute atomic E-state index is 0.379. The summed E-state index contributed by atoms with van der Waals surface area (Å²) in [5.41, 5.74) is -0.555. The summed E-state index contributed by atoms with van der Waals surface area (Å²) in [4.78, 5) is 21.4. The van der Waals surface area contributed by atoms with E-state index in [-0.39, 0.29) is 6.04 Å². The van der Waals surface area contributed by atoms with Crippen molar-refractivity contribution in [2.75, 3.05) is 0 Å². The van der Waals surface area contributed by atoms with E-state index < -0.39 is 17.7 Å². The highest BCUT2D eigenvalue weighted by Crippen LogP contribution is 2.06. The number of alkyl carbamates (subject to hydrolysis) is 1. The van der Waals surface area contributed by atoms with E-state index in [0.29, 0.717) is 0 Å². The van der Waals surface area contributed by atoms with E-state index in [0.717, 1.165) is 6.08 Å². The number of aliphatic carboxylic acids is 1. The lowest BCUT2D eigenvalue weighted by atomic mass is 10.2. The fourth-order valence-corrected chi connectivity index (χ4v) is 0.768. The molecule has 1 amide bonds. The molecule has 0 radical (unpaired) electrons. The van der Waals surface area contributed by atoms with E-state index in [1.54, 1.807) is 27.7 Å². The molecule has 1 atom stereocenters. The van der Waals surface area contributed by atoms with Gasteiger partial charge in [-0.1, -0.05) is 6.08 Å². The molecule has 0 aliphatic carbocycles. The van der Waals surface area contributed by atoms with Gasteiger partial charge in [-0.2, -0.15) is 0 Å². The molecule has 0 heterocycles. The zero-order chi connectivity index (χ0) is 12.1. The van der Waals surface area contributed by atoms with E-state index >= 15 is 0 Å². The topological polar surface area (TPSA) is 75.6 Å². The van der Waals surface area contributed by atoms with Gasteiger partial charge in [0.1, 0.15) is 5.60 Å². The Morgan fingerprint density at radius 1 is 1.40 bits per heavy atom. The highest BCUT2D eigenvalue weighted by molar-refractivity contribution is 5.80. The molecule has 2 N–H and O–H groups in total. The first-order valence-corrected chi connectivity index (χ1v) is 4.61. The summed E-state index contributed by atoms with van der Waals surface area (Å²) in [6.45, 7) is 6.92. The average Bonchev–Trinajstić information content (AvgIpc) is 1.96. The predicted octanol–water partition coefficient (Wildman–Crippen LogP) is 1.54. The molecule has 0 rings (SSSR count). The Bertz CT molecular complexity index is 265. The molecule has 5 nitrogen and oxygen atoms in total. The Morgan fingerprint density at radius 2 is 1.93 bits per heavy atom. The third-order valence-electron chi connectivity index (χ3n) is 1.27. The molecule has 0 bridgehead atoms. The van der Waals surface area contributed by atoms with Crippen LogP contribution in [-0.2, 0) is 9.53 Å². The molecule has 0 unspecified atom stereocenters. The number of hydrogen-bond acceptors (Lipinski definition) is 3. The number of carboxylic acid groups (broad SMARTS) is 1. The summed E-state index contributed by atoms with van der Waals surface area (Å²) in [7, 11) is 0. The Morgan fingerprint density at radius 3 is 2.33 bits per heavy atom. The Hall–Kier alpha value is -1.52. The summed E-state index contributed by atoms with van der Waals surface area (Å²) in [5.74, 6) is -1.05. The van der Waals surface area contributed by atoms with E-state index in [1.165, 1.54) is 6.08 Å². The lowest BCUT2D eigenvalue weighted by Gasteiger charge is -2.20. The largest absolute Gasteiger partial charge is 0.478 e. The van der Waals surface area contributed by atoms with Crippen LogP contribution < -0.4 is 5.32 Å². The molecule has 0 saturated heterocycles. The molecule has 0 spiro atoms. The van der Waals surface area contributed by atoms with Gasteiger partial charge in [0.05, 0.1) is 0 Å². The predicted molar refractivity (Wildman–Crippen MR) is 55.6 cm³/mol. The van der Waals surface area contributed by atoms with E-state index in [9.17, 15) is 9.59 Å². The molecule has 0 saturated carbocycles. The normalized spacial score (nSPS) is 13.6. The number of nitrogens with one attached hydrogen (secondary N) is 1. The van der Waals surface area contributed by atoms with Crippen LogP contribution in [0.5, 0.6) is 0 Å². The third kappa shape index (κ3) is 8.80. The van der Waals surface area contributed by atoms with Crippen LogP contribution in [0.15, 0.2) is 12.2 Å². The number of carbonyl (C=O) groups excluding carboxylic acids is 1. The zero-order valence-electron chi connectivity index (χ0n) is 9.40. The number of rotatable bonds is 3. The van der Waals surface area contributed by atoms with Crippen LogP contribution in [0.1, 0.15) is 27.7 Å². The molecule has 0 aromatic rings. The molecule has 5 heteroatoms. The fraction of sp³-hybridized carbons (Fsp3) is 0.600. The monoisotopic (exact) mass is 215 g/mol. The van der Waals surface area contributed by atoms with E-state index in [1.807, 2.05) is 0 Å². The maximum atomic E-state index is 11.2. The van der Waals surface area contributed by atoms with Crippen molar-refractivity contribution in [2.45, 2.75) is 39.3 Å². The first kappa shape index (κ1) is 13.5. The van der Waals surface area contributed by atoms with Crippen molar-refractivity contribution in [1.29, 1.82) is 0 Å². The molecule has 0 aliphatic rings. The molecule has 15 heavy (non-hydrogen) atoms. The maximum Gasteiger partial charge on any atom is 0.408 e. The number of amides is 1. The van der Waals surface area contributed by atoms with Crippen molar-refractivity contribution in [1.82, 2.24) is 5.32 Å². The molecule has 0 aromatic heterocycles. The van der Waals surface area contributed by atoms with Gasteiger partial charge in [0.25, 0.3) is 0 Å². The van der Waals surface area contributed by atoms with Gasteiger partial charge < -0.3 is 15.2 Å². The minimum Gasteiger partial charge on any atom is -0.478 e. The van der Waals surface area contributed by atoms with Crippen molar-refractivity contribution >= 4 is 12.1 Å². The van der Waals surface area contributed by atoms with Crippen molar-refractivity contribution in [3.05, 3.63) is 12.2 Å². The lowest BCUT2D eigenvalue weighted by molar-refractivity contribution is -0.131. The quantitative estimate of drug-likeness (QED) is 0.700. The molecular formula is C10H17NO4. The minimum atomic E-state index is -1.05. The highest BCUT2D eigenvalue weighted by atomic mass is 16.6. The van der Waals surface area contributed by atoms with Crippen LogP contribution in [0.4, 0.5) is 4.79 Å². The Labute approximate surface area is 89.1 Å². The van der Waals surface area contributed by atoms with Gasteiger partial charge in [-0.25, -0.2) is 9.59 Å². The van der Waals surface area contributed by atoms with Gasteiger partial charge in [0, 0.05) is 12.1 Å². The summed E-state index contributed by atoms with van der Waals surface area (Å²) in [6, 6.07) is -0.379. The van der Waals surface area contributed by atoms with Crippen molar-refractivity contribution in [2.24, 2.45) is 0 Å². The van der Waals surface area contributed by atoms with Gasteiger partial charge in [-0.3, -0.25) is 0 Å². The SMILES string of the molecule is C[C@@H](/C=C\C(=O)O)NC(=O)OC(C)(C)C. The van der Waals surface area contributed by atoms with Crippen LogP contribution >= 0.6 is 0 Å². The molecule has 86 valence electrons. The summed E-state index contributed by atoms with van der Waals surface area (Å²) < 4.78 is 4.98. The molecule has 0 fully saturated rings. The fourth-order valence-electron chi connectivity index (χ4n) is 0.768. The summed E-state index contributed by atoms with van der Waals surface area (Å²) >= 11 is 0. The summed E-state index contributed by atoms with van der Waals surface area (Å²) in [6.07, 6.45) is 1.78. The molecular weight excluding hydrogens is 198 g/mol. The first-order valence-electron chi connectivity index (χ1n) is 4.61. The van der Waals surface area contributed by atoms with E-state index in [4.69, 9.17) is 9.84 Å². The van der Waals surface area contributed by atoms with Gasteiger partial charge in [-0.05, 0) is 27.7 Å². The Balaban J connectivity index is 4.02. The smallest absolute Gasteiger partial charge is 0.408 e. The second-order valence-corrected chi connectivity index (χ2v) is 4.13. The highest BCUT2D eigenvalue weighted by Gasteiger charge is 2.16. The number of ether oxygens (including phenoxy) is 1. The van der Waals surface area contributed by atoms with Gasteiger partial charge in [-0.15, -0.1) is 0 Å². The third-order valence-corrected chi connectivity index (χ3v) is 1.27. The van der Waals surface area contributed by atoms with Crippen molar-refractivity contribution in [3.63, 3.8) is 0 Å². The zero-order valence-corrected chi connectivity index (χ0v) is 9.40. The van der Waals surface area contributed by atoms with Crippen LogP contribution in [0.25, 0.3) is 0 Å². The average molecular weight is 215 g/mol. The molecule has 0 aliphatic heterocycles. The van der Waals surface area contributed by atoms with E-state index in [2.05, 4.69) is 5.32 Å². The van der Waals surface area contributed by atoms with Crippen LogP contribution in [0.2, 0.25) is 0 Å². The Kier molecular flexibility index (Phi) is 4.84. The van der Waals surface area contributed by atoms with Gasteiger partial charge in [0.15, 0.2) is 0 Å². The van der Waals surface area contributed by atoms with Crippen molar-refractivity contribution < 1.29 is 19.4 Å². The number of carboxylic acids is 1. The summed E-state index contributed by atoms with van der Waals surface area (Å²) in [5, 5.41) is 10.8. The second-order valence-electron chi connectivity index (χ2n) is 4.13. The van der Waals surface area contributed by atoms with Crippen molar-refractivity contribution in [3.8, 4) is 0 Å². The van der Waals surface area contributed by atoms with Gasteiger partial charge in [0.2, 0.25) is 0 Å². The number of hydrogen-bond donors (Lipinski definition) is 2. The lowest BCUT2D eigenvalue weighted by Crippen LogP contribution is -2.36.